The summed E-state index contributed by atoms with van der Waals surface area (Å²) >= 11 is 0. The number of fused-ring (bicyclic) bond motifs is 1. The fourth-order valence-electron chi connectivity index (χ4n) is 2.53. The fourth-order valence-corrected chi connectivity index (χ4v) is 3.70. The zero-order valence-electron chi connectivity index (χ0n) is 13.9. The molecule has 3 N–H and O–H groups in total. The number of hydrogen-bond acceptors (Lipinski definition) is 5. The van der Waals surface area contributed by atoms with Crippen molar-refractivity contribution in [2.75, 3.05) is 17.6 Å². The van der Waals surface area contributed by atoms with Crippen LogP contribution in [-0.2, 0) is 16.2 Å². The lowest BCUT2D eigenvalue weighted by Crippen LogP contribution is -2.16. The second-order valence-corrected chi connectivity index (χ2v) is 7.26. The first kappa shape index (κ1) is 18.8. The summed E-state index contributed by atoms with van der Waals surface area (Å²) in [6, 6.07) is 8.54. The number of benzene rings is 2. The van der Waals surface area contributed by atoms with Crippen LogP contribution in [0.25, 0.3) is 10.9 Å². The van der Waals surface area contributed by atoms with Crippen LogP contribution in [0, 0.1) is 0 Å². The van der Waals surface area contributed by atoms with Crippen LogP contribution in [0.3, 0.4) is 0 Å². The highest BCUT2D eigenvalue weighted by Gasteiger charge is 2.32. The van der Waals surface area contributed by atoms with E-state index in [1.807, 2.05) is 0 Å². The maximum atomic E-state index is 12.8. The van der Waals surface area contributed by atoms with Crippen LogP contribution in [-0.4, -0.2) is 20.5 Å². The maximum Gasteiger partial charge on any atom is 0.416 e. The van der Waals surface area contributed by atoms with E-state index in [0.29, 0.717) is 28.8 Å². The fraction of sp³-hybridized carbons (Fsp3) is 0.118. The molecule has 0 saturated heterocycles. The number of nitrogens with one attached hydrogen (secondary N) is 1. The summed E-state index contributed by atoms with van der Waals surface area (Å²) in [7, 11) is -2.84. The van der Waals surface area contributed by atoms with Crippen molar-refractivity contribution in [2.45, 2.75) is 11.1 Å². The minimum absolute atomic E-state index is 0.115. The highest BCUT2D eigenvalue weighted by Crippen LogP contribution is 2.34. The van der Waals surface area contributed by atoms with Crippen molar-refractivity contribution in [1.82, 2.24) is 4.98 Å². The molecule has 0 amide bonds. The van der Waals surface area contributed by atoms with Gasteiger partial charge in [-0.2, -0.15) is 13.2 Å². The number of methoxy groups -OCH3 is 1. The zero-order valence-corrected chi connectivity index (χ0v) is 14.7. The van der Waals surface area contributed by atoms with Crippen molar-refractivity contribution >= 4 is 32.3 Å². The van der Waals surface area contributed by atoms with Gasteiger partial charge in [0.2, 0.25) is 0 Å². The smallest absolute Gasteiger partial charge is 0.416 e. The molecule has 0 saturated carbocycles. The number of alkyl halides is 3. The Labute approximate surface area is 152 Å². The summed E-state index contributed by atoms with van der Waals surface area (Å²) in [6.07, 6.45) is -3.14. The monoisotopic (exact) mass is 397 g/mol. The van der Waals surface area contributed by atoms with Crippen molar-refractivity contribution in [3.8, 4) is 5.75 Å². The quantitative estimate of drug-likeness (QED) is 0.656. The Kier molecular flexibility index (Phi) is 4.60. The molecule has 27 heavy (non-hydrogen) atoms. The molecule has 142 valence electrons. The van der Waals surface area contributed by atoms with Gasteiger partial charge < -0.3 is 10.5 Å². The van der Waals surface area contributed by atoms with Gasteiger partial charge in [0.1, 0.15) is 10.6 Å². The third-order valence-electron chi connectivity index (χ3n) is 3.79. The van der Waals surface area contributed by atoms with Gasteiger partial charge in [-0.05, 0) is 30.3 Å². The molecular formula is C17H14F3N3O3S. The van der Waals surface area contributed by atoms with Crippen LogP contribution in [0.5, 0.6) is 5.75 Å². The molecule has 0 radical (unpaired) electrons. The molecule has 3 rings (SSSR count). The number of sulfonamides is 1. The summed E-state index contributed by atoms with van der Waals surface area (Å²) in [4.78, 5) is 3.67. The van der Waals surface area contributed by atoms with E-state index >= 15 is 0 Å². The maximum absolute atomic E-state index is 12.8. The van der Waals surface area contributed by atoms with Gasteiger partial charge in [-0.15, -0.1) is 0 Å². The molecular weight excluding hydrogens is 383 g/mol. The Morgan fingerprint density at radius 2 is 1.89 bits per heavy atom. The molecule has 0 bridgehead atoms. The first-order valence-corrected chi connectivity index (χ1v) is 9.02. The van der Waals surface area contributed by atoms with Crippen LogP contribution >= 0.6 is 0 Å². The molecule has 2 aromatic carbocycles. The molecule has 0 fully saturated rings. The standard InChI is InChI=1S/C17H14F3N3O3S/c1-26-12-7-10-3-2-6-22-16(10)14(9-12)23-27(24,25)15-5-4-11(8-13(15)21)17(18,19)20/h2-9,23H,21H2,1H3. The first-order valence-electron chi connectivity index (χ1n) is 7.54. The van der Waals surface area contributed by atoms with Gasteiger partial charge in [-0.25, -0.2) is 8.42 Å². The summed E-state index contributed by atoms with van der Waals surface area (Å²) in [5.41, 5.74) is 4.49. The van der Waals surface area contributed by atoms with E-state index in [1.165, 1.54) is 19.4 Å². The van der Waals surface area contributed by atoms with Crippen molar-refractivity contribution in [3.63, 3.8) is 0 Å². The Morgan fingerprint density at radius 3 is 2.52 bits per heavy atom. The Morgan fingerprint density at radius 1 is 1.15 bits per heavy atom. The lowest BCUT2D eigenvalue weighted by molar-refractivity contribution is -0.137. The second-order valence-electron chi connectivity index (χ2n) is 5.61. The highest BCUT2D eigenvalue weighted by atomic mass is 32.2. The Bertz CT molecular complexity index is 1120. The van der Waals surface area contributed by atoms with Gasteiger partial charge in [0.15, 0.2) is 0 Å². The van der Waals surface area contributed by atoms with E-state index in [-0.39, 0.29) is 5.69 Å². The minimum Gasteiger partial charge on any atom is -0.497 e. The number of rotatable bonds is 4. The van der Waals surface area contributed by atoms with Gasteiger partial charge in [0.25, 0.3) is 10.0 Å². The average molecular weight is 397 g/mol. The van der Waals surface area contributed by atoms with E-state index in [1.54, 1.807) is 18.2 Å². The van der Waals surface area contributed by atoms with E-state index in [0.717, 1.165) is 6.07 Å². The molecule has 0 unspecified atom stereocenters. The average Bonchev–Trinajstić information content (AvgIpc) is 2.60. The van der Waals surface area contributed by atoms with Gasteiger partial charge in [-0.3, -0.25) is 9.71 Å². The van der Waals surface area contributed by atoms with Gasteiger partial charge in [0.05, 0.1) is 29.6 Å². The van der Waals surface area contributed by atoms with E-state index < -0.39 is 32.3 Å². The van der Waals surface area contributed by atoms with Crippen molar-refractivity contribution in [1.29, 1.82) is 0 Å². The Balaban J connectivity index is 2.07. The minimum atomic E-state index is -4.63. The Hall–Kier alpha value is -3.01. The van der Waals surface area contributed by atoms with E-state index in [9.17, 15) is 21.6 Å². The molecule has 3 aromatic rings. The summed E-state index contributed by atoms with van der Waals surface area (Å²) in [5, 5.41) is 0.620. The van der Waals surface area contributed by atoms with Crippen LogP contribution in [0.1, 0.15) is 5.56 Å². The predicted octanol–water partition coefficient (Wildman–Crippen LogP) is 3.65. The van der Waals surface area contributed by atoms with Crippen LogP contribution in [0.15, 0.2) is 53.6 Å². The number of anilines is 2. The molecule has 0 aliphatic carbocycles. The number of pyridine rings is 1. The molecule has 0 atom stereocenters. The molecule has 1 heterocycles. The largest absolute Gasteiger partial charge is 0.497 e. The van der Waals surface area contributed by atoms with Crippen LogP contribution in [0.2, 0.25) is 0 Å². The number of hydrogen-bond donors (Lipinski definition) is 2. The molecule has 10 heteroatoms. The number of nitrogens with zero attached hydrogens (tertiary/aromatic N) is 1. The molecule has 6 nitrogen and oxygen atoms in total. The highest BCUT2D eigenvalue weighted by molar-refractivity contribution is 7.93. The van der Waals surface area contributed by atoms with Gasteiger partial charge in [-0.1, -0.05) is 6.07 Å². The normalized spacial score (nSPS) is 12.1. The first-order chi connectivity index (χ1) is 12.6. The molecule has 0 spiro atoms. The van der Waals surface area contributed by atoms with Gasteiger partial charge in [0, 0.05) is 17.6 Å². The van der Waals surface area contributed by atoms with Crippen molar-refractivity contribution in [3.05, 3.63) is 54.2 Å². The molecule has 0 aliphatic heterocycles. The zero-order chi connectivity index (χ0) is 19.8. The molecule has 0 aliphatic rings. The lowest BCUT2D eigenvalue weighted by Gasteiger charge is -2.14. The molecule has 1 aromatic heterocycles. The summed E-state index contributed by atoms with van der Waals surface area (Å²) < 4.78 is 71.1. The third-order valence-corrected chi connectivity index (χ3v) is 5.22. The number of aromatic nitrogens is 1. The number of nitrogens with two attached hydrogens (primary N) is 1. The van der Waals surface area contributed by atoms with E-state index in [2.05, 4.69) is 9.71 Å². The lowest BCUT2D eigenvalue weighted by atomic mass is 10.2. The topological polar surface area (TPSA) is 94.3 Å². The number of halogens is 3. The van der Waals surface area contributed by atoms with E-state index in [4.69, 9.17) is 10.5 Å². The van der Waals surface area contributed by atoms with Crippen molar-refractivity contribution < 1.29 is 26.3 Å². The SMILES string of the molecule is COc1cc(NS(=O)(=O)c2ccc(C(F)(F)F)cc2N)c2ncccc2c1. The summed E-state index contributed by atoms with van der Waals surface area (Å²) in [6.45, 7) is 0. The number of nitrogen functional groups attached to an aromatic ring is 1. The van der Waals surface area contributed by atoms with Gasteiger partial charge >= 0.3 is 6.18 Å². The van der Waals surface area contributed by atoms with Crippen LogP contribution in [0.4, 0.5) is 24.5 Å². The van der Waals surface area contributed by atoms with Crippen LogP contribution < -0.4 is 15.2 Å². The second kappa shape index (κ2) is 6.62. The summed E-state index contributed by atoms with van der Waals surface area (Å²) in [5.74, 6) is 0.383. The number of ether oxygens (including phenoxy) is 1. The predicted molar refractivity (Wildman–Crippen MR) is 95.0 cm³/mol. The van der Waals surface area contributed by atoms with Crippen molar-refractivity contribution in [2.24, 2.45) is 0 Å². The third kappa shape index (κ3) is 3.75.